The lowest BCUT2D eigenvalue weighted by atomic mass is 10.0. The number of nitrogens with one attached hydrogen (secondary N) is 1. The third-order valence-electron chi connectivity index (χ3n) is 2.86. The zero-order chi connectivity index (χ0) is 10.8. The van der Waals surface area contributed by atoms with E-state index in [-0.39, 0.29) is 11.9 Å². The van der Waals surface area contributed by atoms with Gasteiger partial charge in [-0.15, -0.1) is 0 Å². The third kappa shape index (κ3) is 1.87. The van der Waals surface area contributed by atoms with Crippen LogP contribution in [0.15, 0.2) is 6.20 Å². The average molecular weight is 208 g/mol. The molecule has 0 radical (unpaired) electrons. The fourth-order valence-corrected chi connectivity index (χ4v) is 1.85. The van der Waals surface area contributed by atoms with Crippen molar-refractivity contribution in [3.8, 4) is 0 Å². The van der Waals surface area contributed by atoms with E-state index in [1.807, 2.05) is 6.92 Å². The third-order valence-corrected chi connectivity index (χ3v) is 2.86. The zero-order valence-electron chi connectivity index (χ0n) is 8.86. The first-order valence-corrected chi connectivity index (χ1v) is 5.28. The van der Waals surface area contributed by atoms with Crippen LogP contribution in [0, 0.1) is 6.92 Å². The highest BCUT2D eigenvalue weighted by molar-refractivity contribution is 5.85. The molecule has 1 aromatic rings. The number of carbonyl (C=O) groups is 1. The maximum Gasteiger partial charge on any atom is 0.264 e. The number of aromatic nitrogens is 2. The Bertz CT molecular complexity index is 365. The van der Waals surface area contributed by atoms with E-state index in [1.165, 1.54) is 10.9 Å². The quantitative estimate of drug-likeness (QED) is 0.707. The molecule has 1 unspecified atom stereocenters. The Morgan fingerprint density at radius 1 is 1.67 bits per heavy atom. The zero-order valence-corrected chi connectivity index (χ0v) is 8.86. The number of nitrogen functional groups attached to an aromatic ring is 1. The van der Waals surface area contributed by atoms with Crippen molar-refractivity contribution in [2.45, 2.75) is 32.2 Å². The molecule has 1 aromatic heterocycles. The van der Waals surface area contributed by atoms with Gasteiger partial charge in [0.25, 0.3) is 5.91 Å². The minimum atomic E-state index is -0.100. The van der Waals surface area contributed by atoms with Gasteiger partial charge in [0.2, 0.25) is 0 Å². The summed E-state index contributed by atoms with van der Waals surface area (Å²) >= 11 is 0. The molecule has 0 aromatic carbocycles. The van der Waals surface area contributed by atoms with Crippen molar-refractivity contribution in [1.29, 1.82) is 0 Å². The molecule has 15 heavy (non-hydrogen) atoms. The van der Waals surface area contributed by atoms with Gasteiger partial charge in [-0.25, -0.2) is 4.68 Å². The van der Waals surface area contributed by atoms with Gasteiger partial charge in [-0.1, -0.05) is 6.42 Å². The number of anilines is 1. The first-order chi connectivity index (χ1) is 7.20. The second-order valence-electron chi connectivity index (χ2n) is 3.94. The van der Waals surface area contributed by atoms with Crippen molar-refractivity contribution in [2.75, 3.05) is 12.3 Å². The van der Waals surface area contributed by atoms with Crippen LogP contribution < -0.4 is 11.1 Å². The summed E-state index contributed by atoms with van der Waals surface area (Å²) in [5, 5.41) is 7.20. The average Bonchev–Trinajstić information content (AvgIpc) is 2.60. The van der Waals surface area contributed by atoms with Crippen LogP contribution in [0.2, 0.25) is 0 Å². The summed E-state index contributed by atoms with van der Waals surface area (Å²) in [5.41, 5.74) is 6.95. The van der Waals surface area contributed by atoms with Crippen LogP contribution >= 0.6 is 0 Å². The Balaban J connectivity index is 2.16. The molecule has 1 atom stereocenters. The molecule has 0 spiro atoms. The topological polar surface area (TPSA) is 72.9 Å². The number of nitrogens with two attached hydrogens (primary N) is 1. The predicted octanol–water partition coefficient (Wildman–Crippen LogP) is 0.556. The molecule has 0 aliphatic carbocycles. The molecule has 0 bridgehead atoms. The summed E-state index contributed by atoms with van der Waals surface area (Å²) in [7, 11) is 0. The summed E-state index contributed by atoms with van der Waals surface area (Å²) in [6.45, 7) is 2.72. The summed E-state index contributed by atoms with van der Waals surface area (Å²) in [6.07, 6.45) is 4.65. The van der Waals surface area contributed by atoms with E-state index in [9.17, 15) is 4.79 Å². The highest BCUT2D eigenvalue weighted by Crippen LogP contribution is 2.13. The van der Waals surface area contributed by atoms with Crippen LogP contribution in [-0.4, -0.2) is 28.3 Å². The molecule has 3 N–H and O–H groups in total. The molecule has 2 heterocycles. The summed E-state index contributed by atoms with van der Waals surface area (Å²) in [5.74, 6) is 0.00361. The second-order valence-corrected chi connectivity index (χ2v) is 3.94. The molecule has 5 nitrogen and oxygen atoms in total. The number of nitrogens with zero attached hydrogens (tertiary/aromatic N) is 2. The van der Waals surface area contributed by atoms with E-state index in [1.54, 1.807) is 0 Å². The van der Waals surface area contributed by atoms with Crippen LogP contribution in [0.4, 0.5) is 5.69 Å². The largest absolute Gasteiger partial charge is 0.396 e. The van der Waals surface area contributed by atoms with Gasteiger partial charge in [0.1, 0.15) is 0 Å². The van der Waals surface area contributed by atoms with Crippen molar-refractivity contribution >= 4 is 11.6 Å². The molecular weight excluding hydrogens is 192 g/mol. The van der Waals surface area contributed by atoms with Gasteiger partial charge < -0.3 is 11.1 Å². The highest BCUT2D eigenvalue weighted by atomic mass is 16.2. The fraction of sp³-hybridized carbons (Fsp3) is 0.600. The van der Waals surface area contributed by atoms with Crippen molar-refractivity contribution in [3.05, 3.63) is 11.9 Å². The molecule has 5 heteroatoms. The van der Waals surface area contributed by atoms with Crippen molar-refractivity contribution in [1.82, 2.24) is 15.1 Å². The van der Waals surface area contributed by atoms with Gasteiger partial charge in [-0.05, 0) is 26.3 Å². The molecule has 82 valence electrons. The summed E-state index contributed by atoms with van der Waals surface area (Å²) in [4.78, 5) is 12.0. The number of rotatable bonds is 1. The Labute approximate surface area is 88.6 Å². The Kier molecular flexibility index (Phi) is 2.73. The van der Waals surface area contributed by atoms with Crippen LogP contribution in [-0.2, 0) is 0 Å². The lowest BCUT2D eigenvalue weighted by Crippen LogP contribution is -2.43. The molecule has 0 amide bonds. The minimum Gasteiger partial charge on any atom is -0.396 e. The predicted molar refractivity (Wildman–Crippen MR) is 57.6 cm³/mol. The van der Waals surface area contributed by atoms with Gasteiger partial charge in [0.05, 0.1) is 23.6 Å². The van der Waals surface area contributed by atoms with Gasteiger partial charge in [-0.3, -0.25) is 4.79 Å². The van der Waals surface area contributed by atoms with E-state index in [0.717, 1.165) is 31.5 Å². The first kappa shape index (κ1) is 10.2. The monoisotopic (exact) mass is 208 g/mol. The van der Waals surface area contributed by atoms with Crippen molar-refractivity contribution in [3.63, 3.8) is 0 Å². The molecule has 1 aliphatic heterocycles. The Morgan fingerprint density at radius 2 is 2.47 bits per heavy atom. The maximum atomic E-state index is 12.0. The number of hydrogen-bond donors (Lipinski definition) is 2. The van der Waals surface area contributed by atoms with E-state index in [4.69, 9.17) is 5.73 Å². The van der Waals surface area contributed by atoms with Crippen LogP contribution in [0.25, 0.3) is 0 Å². The minimum absolute atomic E-state index is 0.00361. The van der Waals surface area contributed by atoms with Crippen LogP contribution in [0.3, 0.4) is 0 Å². The van der Waals surface area contributed by atoms with Gasteiger partial charge in [0.15, 0.2) is 0 Å². The molecule has 2 rings (SSSR count). The van der Waals surface area contributed by atoms with E-state index >= 15 is 0 Å². The number of carbonyl (C=O) groups excluding carboxylic acids is 1. The summed E-state index contributed by atoms with van der Waals surface area (Å²) < 4.78 is 1.40. The van der Waals surface area contributed by atoms with Crippen molar-refractivity contribution < 1.29 is 4.79 Å². The molecule has 1 aliphatic rings. The standard InChI is InChI=1S/C10H16N4O/c1-7-8(11)6-13-14(7)10(15)9-4-2-3-5-12-9/h6,9,12H,2-5,11H2,1H3. The first-order valence-electron chi connectivity index (χ1n) is 5.28. The smallest absolute Gasteiger partial charge is 0.264 e. The van der Waals surface area contributed by atoms with Gasteiger partial charge in [-0.2, -0.15) is 5.10 Å². The van der Waals surface area contributed by atoms with Gasteiger partial charge >= 0.3 is 0 Å². The number of piperidine rings is 1. The van der Waals surface area contributed by atoms with Crippen LogP contribution in [0.5, 0.6) is 0 Å². The normalized spacial score (nSPS) is 21.5. The second kappa shape index (κ2) is 4.02. The van der Waals surface area contributed by atoms with Gasteiger partial charge in [0, 0.05) is 0 Å². The highest BCUT2D eigenvalue weighted by Gasteiger charge is 2.23. The maximum absolute atomic E-state index is 12.0. The molecular formula is C10H16N4O. The summed E-state index contributed by atoms with van der Waals surface area (Å²) in [6, 6.07) is -0.100. The Morgan fingerprint density at radius 3 is 3.00 bits per heavy atom. The lowest BCUT2D eigenvalue weighted by molar-refractivity contribution is 0.0823. The SMILES string of the molecule is Cc1c(N)cnn1C(=O)C1CCCCN1. The Hall–Kier alpha value is -1.36. The van der Waals surface area contributed by atoms with Crippen molar-refractivity contribution in [2.24, 2.45) is 0 Å². The fourth-order valence-electron chi connectivity index (χ4n) is 1.85. The van der Waals surface area contributed by atoms with E-state index in [0.29, 0.717) is 5.69 Å². The lowest BCUT2D eigenvalue weighted by Gasteiger charge is -2.22. The molecule has 0 saturated carbocycles. The number of hydrogen-bond acceptors (Lipinski definition) is 4. The van der Waals surface area contributed by atoms with Crippen LogP contribution in [0.1, 0.15) is 29.8 Å². The van der Waals surface area contributed by atoms with E-state index < -0.39 is 0 Å². The molecule has 1 fully saturated rings. The van der Waals surface area contributed by atoms with E-state index in [2.05, 4.69) is 10.4 Å². The molecule has 1 saturated heterocycles.